The fraction of sp³-hybridized carbons (Fsp3) is 0.333. The average Bonchev–Trinajstić information content (AvgIpc) is 2.66. The summed E-state index contributed by atoms with van der Waals surface area (Å²) in [6, 6.07) is 14.2. The SMILES string of the molecule is COc1cccc(C(C)CC(=O)N2CCc3ccccc3C2C(=O)O)c1. The zero-order chi connectivity index (χ0) is 18.7. The lowest BCUT2D eigenvalue weighted by Crippen LogP contribution is -2.43. The molecule has 136 valence electrons. The first kappa shape index (κ1) is 18.0. The highest BCUT2D eigenvalue weighted by Gasteiger charge is 2.35. The zero-order valence-corrected chi connectivity index (χ0v) is 15.0. The molecule has 1 heterocycles. The normalized spacial score (nSPS) is 17.3. The molecule has 2 atom stereocenters. The van der Waals surface area contributed by atoms with Crippen LogP contribution >= 0.6 is 0 Å². The Labute approximate surface area is 153 Å². The van der Waals surface area contributed by atoms with Crippen molar-refractivity contribution in [3.63, 3.8) is 0 Å². The van der Waals surface area contributed by atoms with Crippen molar-refractivity contribution in [1.29, 1.82) is 0 Å². The Morgan fingerprint density at radius 1 is 1.23 bits per heavy atom. The van der Waals surface area contributed by atoms with Gasteiger partial charge in [0.05, 0.1) is 7.11 Å². The molecule has 0 aliphatic carbocycles. The number of carbonyl (C=O) groups excluding carboxylic acids is 1. The van der Waals surface area contributed by atoms with E-state index in [2.05, 4.69) is 0 Å². The molecule has 0 fully saturated rings. The van der Waals surface area contributed by atoms with Gasteiger partial charge in [0.25, 0.3) is 0 Å². The maximum atomic E-state index is 12.9. The van der Waals surface area contributed by atoms with Gasteiger partial charge in [-0.1, -0.05) is 43.3 Å². The number of rotatable bonds is 5. The van der Waals surface area contributed by atoms with Gasteiger partial charge in [0, 0.05) is 13.0 Å². The second kappa shape index (κ2) is 7.60. The largest absolute Gasteiger partial charge is 0.497 e. The van der Waals surface area contributed by atoms with Crippen LogP contribution in [0.25, 0.3) is 0 Å². The van der Waals surface area contributed by atoms with Crippen molar-refractivity contribution in [3.05, 3.63) is 65.2 Å². The van der Waals surface area contributed by atoms with E-state index in [1.807, 2.05) is 49.4 Å². The standard InChI is InChI=1S/C21H23NO4/c1-14(16-7-5-8-17(13-16)26-2)12-19(23)22-11-10-15-6-3-4-9-18(15)20(22)21(24)25/h3-9,13-14,20H,10-12H2,1-2H3,(H,24,25). The smallest absolute Gasteiger partial charge is 0.331 e. The second-order valence-electron chi connectivity index (χ2n) is 6.66. The van der Waals surface area contributed by atoms with E-state index in [0.717, 1.165) is 16.9 Å². The summed E-state index contributed by atoms with van der Waals surface area (Å²) in [7, 11) is 1.61. The van der Waals surface area contributed by atoms with Crippen molar-refractivity contribution in [2.75, 3.05) is 13.7 Å². The number of ether oxygens (including phenoxy) is 1. The van der Waals surface area contributed by atoms with E-state index < -0.39 is 12.0 Å². The number of benzene rings is 2. The lowest BCUT2D eigenvalue weighted by atomic mass is 9.91. The number of amides is 1. The second-order valence-corrected chi connectivity index (χ2v) is 6.66. The molecule has 0 saturated heterocycles. The molecule has 2 aromatic carbocycles. The molecular formula is C21H23NO4. The molecule has 2 unspecified atom stereocenters. The Balaban J connectivity index is 1.79. The molecule has 5 heteroatoms. The Kier molecular flexibility index (Phi) is 5.26. The van der Waals surface area contributed by atoms with E-state index in [-0.39, 0.29) is 18.2 Å². The fourth-order valence-electron chi connectivity index (χ4n) is 3.55. The lowest BCUT2D eigenvalue weighted by molar-refractivity contribution is -0.151. The Hall–Kier alpha value is -2.82. The molecule has 0 spiro atoms. The molecule has 0 bridgehead atoms. The summed E-state index contributed by atoms with van der Waals surface area (Å²) >= 11 is 0. The molecule has 26 heavy (non-hydrogen) atoms. The van der Waals surface area contributed by atoms with E-state index in [1.165, 1.54) is 4.90 Å². The molecule has 1 N–H and O–H groups in total. The molecule has 0 aromatic heterocycles. The van der Waals surface area contributed by atoms with Crippen LogP contribution in [0.2, 0.25) is 0 Å². The van der Waals surface area contributed by atoms with E-state index in [0.29, 0.717) is 18.5 Å². The number of methoxy groups -OCH3 is 1. The summed E-state index contributed by atoms with van der Waals surface area (Å²) in [4.78, 5) is 26.3. The fourth-order valence-corrected chi connectivity index (χ4v) is 3.55. The molecular weight excluding hydrogens is 330 g/mol. The summed E-state index contributed by atoms with van der Waals surface area (Å²) in [5, 5.41) is 9.71. The van der Waals surface area contributed by atoms with E-state index >= 15 is 0 Å². The number of carboxylic acids is 1. The van der Waals surface area contributed by atoms with Gasteiger partial charge in [0.15, 0.2) is 6.04 Å². The molecule has 5 nitrogen and oxygen atoms in total. The third-order valence-electron chi connectivity index (χ3n) is 4.98. The first-order valence-electron chi connectivity index (χ1n) is 8.75. The number of hydrogen-bond acceptors (Lipinski definition) is 3. The minimum absolute atomic E-state index is 0.0239. The first-order chi connectivity index (χ1) is 12.5. The van der Waals surface area contributed by atoms with E-state index in [1.54, 1.807) is 13.2 Å². The Bertz CT molecular complexity index is 817. The van der Waals surface area contributed by atoms with Crippen molar-refractivity contribution < 1.29 is 19.4 Å². The summed E-state index contributed by atoms with van der Waals surface area (Å²) in [6.07, 6.45) is 0.943. The average molecular weight is 353 g/mol. The monoisotopic (exact) mass is 353 g/mol. The van der Waals surface area contributed by atoms with Crippen LogP contribution in [0.1, 0.15) is 42.0 Å². The number of fused-ring (bicyclic) bond motifs is 1. The maximum absolute atomic E-state index is 12.9. The summed E-state index contributed by atoms with van der Waals surface area (Å²) in [6.45, 7) is 2.40. The first-order valence-corrected chi connectivity index (χ1v) is 8.75. The molecule has 0 radical (unpaired) electrons. The number of carboxylic acid groups (broad SMARTS) is 1. The lowest BCUT2D eigenvalue weighted by Gasteiger charge is -2.35. The van der Waals surface area contributed by atoms with Gasteiger partial charge < -0.3 is 14.7 Å². The van der Waals surface area contributed by atoms with E-state index in [9.17, 15) is 14.7 Å². The molecule has 0 saturated carbocycles. The van der Waals surface area contributed by atoms with Crippen molar-refractivity contribution in [2.24, 2.45) is 0 Å². The summed E-state index contributed by atoms with van der Waals surface area (Å²) < 4.78 is 5.24. The highest BCUT2D eigenvalue weighted by Crippen LogP contribution is 2.32. The van der Waals surface area contributed by atoms with Gasteiger partial charge in [-0.15, -0.1) is 0 Å². The quantitative estimate of drug-likeness (QED) is 0.895. The molecule has 1 amide bonds. The van der Waals surface area contributed by atoms with Gasteiger partial charge in [0.2, 0.25) is 5.91 Å². The van der Waals surface area contributed by atoms with Crippen LogP contribution in [0.5, 0.6) is 5.75 Å². The highest BCUT2D eigenvalue weighted by atomic mass is 16.5. The molecule has 2 aromatic rings. The Morgan fingerprint density at radius 2 is 2.00 bits per heavy atom. The molecule has 3 rings (SSSR count). The van der Waals surface area contributed by atoms with Gasteiger partial charge in [-0.2, -0.15) is 0 Å². The number of hydrogen-bond donors (Lipinski definition) is 1. The van der Waals surface area contributed by atoms with E-state index in [4.69, 9.17) is 4.74 Å². The van der Waals surface area contributed by atoms with Crippen LogP contribution in [0, 0.1) is 0 Å². The maximum Gasteiger partial charge on any atom is 0.331 e. The van der Waals surface area contributed by atoms with Gasteiger partial charge >= 0.3 is 5.97 Å². The van der Waals surface area contributed by atoms with Crippen LogP contribution in [-0.4, -0.2) is 35.5 Å². The minimum atomic E-state index is -0.987. The van der Waals surface area contributed by atoms with Crippen LogP contribution in [-0.2, 0) is 16.0 Å². The van der Waals surface area contributed by atoms with Crippen LogP contribution < -0.4 is 4.74 Å². The predicted octanol–water partition coefficient (Wildman–Crippen LogP) is 3.40. The van der Waals surface area contributed by atoms with Gasteiger partial charge in [-0.3, -0.25) is 4.79 Å². The van der Waals surface area contributed by atoms with Crippen LogP contribution in [0.3, 0.4) is 0 Å². The van der Waals surface area contributed by atoms with Crippen molar-refractivity contribution in [1.82, 2.24) is 4.90 Å². The number of carbonyl (C=O) groups is 2. The minimum Gasteiger partial charge on any atom is -0.497 e. The third kappa shape index (κ3) is 3.57. The van der Waals surface area contributed by atoms with Crippen LogP contribution in [0.15, 0.2) is 48.5 Å². The van der Waals surface area contributed by atoms with Gasteiger partial charge in [0.1, 0.15) is 5.75 Å². The Morgan fingerprint density at radius 3 is 2.73 bits per heavy atom. The summed E-state index contributed by atoms with van der Waals surface area (Å²) in [5.41, 5.74) is 2.72. The van der Waals surface area contributed by atoms with Crippen molar-refractivity contribution in [2.45, 2.75) is 31.7 Å². The van der Waals surface area contributed by atoms with Crippen LogP contribution in [0.4, 0.5) is 0 Å². The van der Waals surface area contributed by atoms with Gasteiger partial charge in [-0.25, -0.2) is 4.79 Å². The molecule has 1 aliphatic heterocycles. The number of aliphatic carboxylic acids is 1. The van der Waals surface area contributed by atoms with Crippen molar-refractivity contribution in [3.8, 4) is 5.75 Å². The highest BCUT2D eigenvalue weighted by molar-refractivity contribution is 5.86. The topological polar surface area (TPSA) is 66.8 Å². The summed E-state index contributed by atoms with van der Waals surface area (Å²) in [5.74, 6) is -0.400. The van der Waals surface area contributed by atoms with Gasteiger partial charge in [-0.05, 0) is 41.2 Å². The number of nitrogens with zero attached hydrogens (tertiary/aromatic N) is 1. The predicted molar refractivity (Wildman–Crippen MR) is 98.3 cm³/mol. The molecule has 1 aliphatic rings. The third-order valence-corrected chi connectivity index (χ3v) is 4.98. The zero-order valence-electron chi connectivity index (χ0n) is 15.0. The van der Waals surface area contributed by atoms with Crippen molar-refractivity contribution >= 4 is 11.9 Å².